The van der Waals surface area contributed by atoms with E-state index in [0.29, 0.717) is 4.57 Å². The minimum atomic E-state index is -4.35. The van der Waals surface area contributed by atoms with Gasteiger partial charge >= 0.3 is 19.4 Å². The van der Waals surface area contributed by atoms with E-state index in [1.165, 1.54) is 19.1 Å². The maximum atomic E-state index is 15.2. The van der Waals surface area contributed by atoms with Gasteiger partial charge in [-0.3, -0.25) is 23.7 Å². The molecule has 15 heteroatoms. The van der Waals surface area contributed by atoms with Crippen LogP contribution in [0.1, 0.15) is 27.0 Å². The Hall–Kier alpha value is -2.54. The SMILES string of the molecule is CC(C)OC(=O)[C@@H](C)NP(=O)(OC[C@H]1OC(n2ccc(=O)[nH]c2=O)[C@@](F)(Cl)[C@@H]1O)Oc1ccccc1. The van der Waals surface area contributed by atoms with Crippen LogP contribution in [0.5, 0.6) is 5.75 Å². The van der Waals surface area contributed by atoms with Crippen molar-refractivity contribution >= 4 is 25.3 Å². The molecule has 3 rings (SSSR count). The number of nitrogens with one attached hydrogen (secondary N) is 2. The Morgan fingerprint density at radius 3 is 2.58 bits per heavy atom. The second-order valence-corrected chi connectivity index (χ2v) is 10.5. The summed E-state index contributed by atoms with van der Waals surface area (Å²) >= 11 is 5.85. The van der Waals surface area contributed by atoms with Gasteiger partial charge in [0.1, 0.15) is 24.0 Å². The number of nitrogens with zero attached hydrogens (tertiary/aromatic N) is 1. The molecule has 1 fully saturated rings. The summed E-state index contributed by atoms with van der Waals surface area (Å²) in [5.41, 5.74) is -1.76. The summed E-state index contributed by atoms with van der Waals surface area (Å²) in [5, 5.41) is 9.86. The molecular weight excluding hydrogens is 524 g/mol. The van der Waals surface area contributed by atoms with Crippen LogP contribution < -0.4 is 20.9 Å². The fourth-order valence-electron chi connectivity index (χ4n) is 3.22. The Morgan fingerprint density at radius 1 is 1.31 bits per heavy atom. The van der Waals surface area contributed by atoms with Gasteiger partial charge in [-0.15, -0.1) is 0 Å². The summed E-state index contributed by atoms with van der Waals surface area (Å²) in [4.78, 5) is 37.6. The smallest absolute Gasteiger partial charge is 0.459 e. The molecule has 0 radical (unpaired) electrons. The minimum Gasteiger partial charge on any atom is -0.462 e. The number of hydrogen-bond donors (Lipinski definition) is 3. The highest BCUT2D eigenvalue weighted by molar-refractivity contribution is 7.52. The summed E-state index contributed by atoms with van der Waals surface area (Å²) in [6.45, 7) is 3.93. The number of benzene rings is 1. The van der Waals surface area contributed by atoms with Crippen LogP contribution in [0.15, 0.2) is 52.2 Å². The molecule has 2 heterocycles. The third-order valence-electron chi connectivity index (χ3n) is 4.92. The van der Waals surface area contributed by atoms with Crippen LogP contribution in [0.2, 0.25) is 0 Å². The van der Waals surface area contributed by atoms with Crippen molar-refractivity contribution in [3.05, 3.63) is 63.4 Å². The number of rotatable bonds is 10. The number of alkyl halides is 2. The van der Waals surface area contributed by atoms with Gasteiger partial charge in [0.2, 0.25) is 0 Å². The van der Waals surface area contributed by atoms with E-state index in [2.05, 4.69) is 5.09 Å². The molecule has 0 bridgehead atoms. The number of ether oxygens (including phenoxy) is 2. The number of aliphatic hydroxyl groups is 1. The molecule has 1 aliphatic heterocycles. The molecule has 12 nitrogen and oxygen atoms in total. The largest absolute Gasteiger partial charge is 0.462 e. The fourth-order valence-corrected chi connectivity index (χ4v) is 5.02. The molecule has 6 atom stereocenters. The third-order valence-corrected chi connectivity index (χ3v) is 6.97. The Bertz CT molecular complexity index is 1220. The number of aromatic amines is 1. The molecule has 1 aromatic heterocycles. The Balaban J connectivity index is 1.80. The van der Waals surface area contributed by atoms with Crippen LogP contribution >= 0.6 is 19.3 Å². The normalized spacial score (nSPS) is 26.4. The number of aliphatic hydroxyl groups excluding tert-OH is 1. The Kier molecular flexibility index (Phi) is 8.75. The topological polar surface area (TPSA) is 158 Å². The molecule has 0 saturated carbocycles. The highest BCUT2D eigenvalue weighted by Gasteiger charge is 2.58. The molecule has 36 heavy (non-hydrogen) atoms. The van der Waals surface area contributed by atoms with E-state index in [-0.39, 0.29) is 5.75 Å². The summed E-state index contributed by atoms with van der Waals surface area (Å²) < 4.78 is 50.8. The van der Waals surface area contributed by atoms with E-state index >= 15 is 4.39 Å². The van der Waals surface area contributed by atoms with Crippen LogP contribution in [-0.2, 0) is 23.4 Å². The van der Waals surface area contributed by atoms with Crippen molar-refractivity contribution < 1.29 is 37.4 Å². The fraction of sp³-hybridized carbons (Fsp3) is 0.476. The van der Waals surface area contributed by atoms with Crippen LogP contribution in [0.3, 0.4) is 0 Å². The molecule has 0 spiro atoms. The predicted molar refractivity (Wildman–Crippen MR) is 125 cm³/mol. The number of carbonyl (C=O) groups excluding carboxylic acids is 1. The third kappa shape index (κ3) is 6.61. The van der Waals surface area contributed by atoms with E-state index in [0.717, 1.165) is 12.3 Å². The van der Waals surface area contributed by atoms with Crippen molar-refractivity contribution in [2.45, 2.75) is 56.5 Å². The zero-order chi connectivity index (χ0) is 26.7. The van der Waals surface area contributed by atoms with E-state index in [4.69, 9.17) is 30.1 Å². The molecule has 1 saturated heterocycles. The van der Waals surface area contributed by atoms with Crippen LogP contribution in [-0.4, -0.2) is 56.7 Å². The van der Waals surface area contributed by atoms with Crippen molar-refractivity contribution in [1.82, 2.24) is 14.6 Å². The number of para-hydroxylation sites is 1. The van der Waals surface area contributed by atoms with Gasteiger partial charge in [-0.25, -0.2) is 13.8 Å². The molecule has 1 aliphatic rings. The second-order valence-electron chi connectivity index (χ2n) is 8.20. The first kappa shape index (κ1) is 28.0. The lowest BCUT2D eigenvalue weighted by atomic mass is 10.1. The van der Waals surface area contributed by atoms with Gasteiger partial charge in [-0.05, 0) is 32.9 Å². The Labute approximate surface area is 209 Å². The maximum absolute atomic E-state index is 15.2. The highest BCUT2D eigenvalue weighted by atomic mass is 35.5. The number of aromatic nitrogens is 2. The van der Waals surface area contributed by atoms with E-state index in [1.54, 1.807) is 32.0 Å². The van der Waals surface area contributed by atoms with E-state index in [1.807, 2.05) is 4.98 Å². The second kappa shape index (κ2) is 11.2. The lowest BCUT2D eigenvalue weighted by Gasteiger charge is -2.25. The van der Waals surface area contributed by atoms with Gasteiger partial charge in [0.05, 0.1) is 12.7 Å². The molecule has 2 unspecified atom stereocenters. The first-order valence-electron chi connectivity index (χ1n) is 10.8. The molecule has 1 aromatic carbocycles. The zero-order valence-electron chi connectivity index (χ0n) is 19.5. The molecule has 2 aromatic rings. The first-order valence-corrected chi connectivity index (χ1v) is 12.7. The van der Waals surface area contributed by atoms with Gasteiger partial charge in [0, 0.05) is 12.3 Å². The monoisotopic (exact) mass is 549 g/mol. The van der Waals surface area contributed by atoms with Gasteiger partial charge in [-0.2, -0.15) is 5.09 Å². The van der Waals surface area contributed by atoms with E-state index < -0.39 is 67.3 Å². The van der Waals surface area contributed by atoms with Gasteiger partial charge in [0.15, 0.2) is 6.23 Å². The minimum absolute atomic E-state index is 0.125. The maximum Gasteiger partial charge on any atom is 0.459 e. The predicted octanol–water partition coefficient (Wildman–Crippen LogP) is 1.83. The average molecular weight is 550 g/mol. The summed E-state index contributed by atoms with van der Waals surface area (Å²) in [6, 6.07) is 7.68. The Morgan fingerprint density at radius 2 is 1.97 bits per heavy atom. The zero-order valence-corrected chi connectivity index (χ0v) is 21.1. The number of halogens is 2. The molecular formula is C21H26ClFN3O9P. The van der Waals surface area contributed by atoms with Crippen molar-refractivity contribution in [2.24, 2.45) is 0 Å². The summed E-state index contributed by atoms with van der Waals surface area (Å²) in [6.07, 6.45) is -4.91. The van der Waals surface area contributed by atoms with E-state index in [9.17, 15) is 24.1 Å². The lowest BCUT2D eigenvalue weighted by Crippen LogP contribution is -2.42. The van der Waals surface area contributed by atoms with Crippen LogP contribution in [0.4, 0.5) is 4.39 Å². The number of H-pyrrole nitrogens is 1. The lowest BCUT2D eigenvalue weighted by molar-refractivity contribution is -0.149. The van der Waals surface area contributed by atoms with Gasteiger partial charge in [0.25, 0.3) is 10.7 Å². The average Bonchev–Trinajstić information content (AvgIpc) is 3.01. The quantitative estimate of drug-likeness (QED) is 0.227. The highest BCUT2D eigenvalue weighted by Crippen LogP contribution is 2.48. The van der Waals surface area contributed by atoms with Gasteiger partial charge in [-0.1, -0.05) is 29.8 Å². The standard InChI is InChI=1S/C21H26ClFN3O9P/c1-12(2)33-18(29)13(3)25-36(31,35-14-7-5-4-6-8-14)32-11-15-17(28)21(22,23)19(34-15)26-10-9-16(27)24-20(26)30/h4-10,12-13,15,17,19,28H,11H2,1-3H3,(H,25,31)(H,24,27,30)/t13-,15-,17-,19?,21-,36?/m1/s1. The molecule has 0 amide bonds. The molecule has 3 N–H and O–H groups in total. The number of esters is 1. The summed E-state index contributed by atoms with van der Waals surface area (Å²) in [5.74, 6) is -0.607. The van der Waals surface area contributed by atoms with Crippen molar-refractivity contribution in [1.29, 1.82) is 0 Å². The van der Waals surface area contributed by atoms with Crippen molar-refractivity contribution in [3.63, 3.8) is 0 Å². The molecule has 198 valence electrons. The molecule has 0 aliphatic carbocycles. The van der Waals surface area contributed by atoms with Crippen molar-refractivity contribution in [3.8, 4) is 5.75 Å². The number of hydrogen-bond acceptors (Lipinski definition) is 9. The van der Waals surface area contributed by atoms with Crippen molar-refractivity contribution in [2.75, 3.05) is 6.61 Å². The first-order chi connectivity index (χ1) is 16.8. The summed E-state index contributed by atoms with van der Waals surface area (Å²) in [7, 11) is -4.35. The van der Waals surface area contributed by atoms with Crippen LogP contribution in [0, 0.1) is 0 Å². The van der Waals surface area contributed by atoms with Crippen LogP contribution in [0.25, 0.3) is 0 Å². The number of carbonyl (C=O) groups is 1. The van der Waals surface area contributed by atoms with Gasteiger partial charge < -0.3 is 19.1 Å².